The minimum Gasteiger partial charge on any atom is -0.460 e. The Balaban J connectivity index is 1.25. The summed E-state index contributed by atoms with van der Waals surface area (Å²) < 4.78 is 11.6. The number of amides is 1. The fraction of sp³-hybridized carbons (Fsp3) is 0.450. The highest BCUT2D eigenvalue weighted by atomic mass is 16.5. The molecule has 26 heavy (non-hydrogen) atoms. The molecule has 0 spiro atoms. The van der Waals surface area contributed by atoms with Gasteiger partial charge in [-0.15, -0.1) is 0 Å². The monoisotopic (exact) mass is 353 g/mol. The van der Waals surface area contributed by atoms with E-state index in [1.54, 1.807) is 18.5 Å². The molecule has 1 atom stereocenters. The van der Waals surface area contributed by atoms with Crippen LogP contribution in [-0.2, 0) is 22.6 Å². The van der Waals surface area contributed by atoms with Crippen LogP contribution in [0.2, 0.25) is 0 Å². The smallest absolute Gasteiger partial charge is 0.316 e. The quantitative estimate of drug-likeness (QED) is 0.914. The number of nitrogens with one attached hydrogen (secondary N) is 1. The summed E-state index contributed by atoms with van der Waals surface area (Å²) in [6.45, 7) is 0.506. The highest BCUT2D eigenvalue weighted by molar-refractivity contribution is 5.81. The van der Waals surface area contributed by atoms with E-state index in [0.717, 1.165) is 25.7 Å². The number of carbonyl (C=O) groups excluding carboxylic acids is 1. The van der Waals surface area contributed by atoms with E-state index in [4.69, 9.17) is 9.47 Å². The van der Waals surface area contributed by atoms with Crippen LogP contribution in [0.25, 0.3) is 0 Å². The molecule has 2 aromatic rings. The zero-order valence-electron chi connectivity index (χ0n) is 14.6. The summed E-state index contributed by atoms with van der Waals surface area (Å²) in [5.74, 6) is -0.00439. The lowest BCUT2D eigenvalue weighted by atomic mass is 9.92. The maximum atomic E-state index is 12.6. The van der Waals surface area contributed by atoms with Crippen molar-refractivity contribution < 1.29 is 14.3 Å². The number of rotatable bonds is 4. The molecule has 1 aromatic heterocycles. The SMILES string of the molecule is O=C(NC1CCC(Oc2ncccn2)CC1)C1Cc2ccccc2CO1. The molecule has 6 nitrogen and oxygen atoms in total. The first-order chi connectivity index (χ1) is 12.8. The third-order valence-corrected chi connectivity index (χ3v) is 5.09. The topological polar surface area (TPSA) is 73.3 Å². The first-order valence-electron chi connectivity index (χ1n) is 9.20. The van der Waals surface area contributed by atoms with Crippen LogP contribution in [0.4, 0.5) is 0 Å². The molecular formula is C20H23N3O3. The van der Waals surface area contributed by atoms with Gasteiger partial charge in [-0.1, -0.05) is 24.3 Å². The normalized spacial score (nSPS) is 25.2. The molecule has 1 aromatic carbocycles. The first-order valence-corrected chi connectivity index (χ1v) is 9.20. The van der Waals surface area contributed by atoms with E-state index < -0.39 is 6.10 Å². The predicted octanol–water partition coefficient (Wildman–Crippen LogP) is 2.42. The minimum absolute atomic E-state index is 0.00439. The molecule has 1 amide bonds. The van der Waals surface area contributed by atoms with Crippen LogP contribution in [0.3, 0.4) is 0 Å². The number of aromatic nitrogens is 2. The van der Waals surface area contributed by atoms with Gasteiger partial charge in [0.2, 0.25) is 5.91 Å². The van der Waals surface area contributed by atoms with Crippen molar-refractivity contribution in [3.63, 3.8) is 0 Å². The second-order valence-electron chi connectivity index (χ2n) is 6.90. The van der Waals surface area contributed by atoms with Gasteiger partial charge in [0.05, 0.1) is 6.61 Å². The summed E-state index contributed by atoms with van der Waals surface area (Å²) in [6, 6.07) is 10.5. The largest absolute Gasteiger partial charge is 0.460 e. The van der Waals surface area contributed by atoms with Gasteiger partial charge in [0.15, 0.2) is 0 Å². The summed E-state index contributed by atoms with van der Waals surface area (Å²) in [7, 11) is 0. The lowest BCUT2D eigenvalue weighted by Crippen LogP contribution is -2.46. The van der Waals surface area contributed by atoms with Crippen molar-refractivity contribution in [2.45, 2.75) is 57.0 Å². The van der Waals surface area contributed by atoms with Crippen molar-refractivity contribution >= 4 is 5.91 Å². The molecule has 1 fully saturated rings. The number of hydrogen-bond donors (Lipinski definition) is 1. The van der Waals surface area contributed by atoms with Gasteiger partial charge in [-0.3, -0.25) is 4.79 Å². The van der Waals surface area contributed by atoms with Crippen LogP contribution >= 0.6 is 0 Å². The van der Waals surface area contributed by atoms with Crippen LogP contribution in [0, 0.1) is 0 Å². The molecule has 0 radical (unpaired) electrons. The van der Waals surface area contributed by atoms with E-state index in [2.05, 4.69) is 27.4 Å². The van der Waals surface area contributed by atoms with E-state index in [1.165, 1.54) is 11.1 Å². The van der Waals surface area contributed by atoms with E-state index in [1.807, 2.05) is 12.1 Å². The Morgan fingerprint density at radius 3 is 2.54 bits per heavy atom. The molecule has 4 rings (SSSR count). The van der Waals surface area contributed by atoms with E-state index in [0.29, 0.717) is 19.0 Å². The molecular weight excluding hydrogens is 330 g/mol. The standard InChI is InChI=1S/C20H23N3O3/c24-19(18-12-14-4-1-2-5-15(14)13-25-18)23-16-6-8-17(9-7-16)26-20-21-10-3-11-22-20/h1-5,10-11,16-18H,6-9,12-13H2,(H,23,24). The number of ether oxygens (including phenoxy) is 2. The van der Waals surface area contributed by atoms with Crippen molar-refractivity contribution in [1.82, 2.24) is 15.3 Å². The van der Waals surface area contributed by atoms with Crippen LogP contribution in [0.1, 0.15) is 36.8 Å². The average Bonchev–Trinajstić information content (AvgIpc) is 2.70. The van der Waals surface area contributed by atoms with Crippen molar-refractivity contribution in [3.05, 3.63) is 53.9 Å². The minimum atomic E-state index is -0.392. The van der Waals surface area contributed by atoms with Crippen molar-refractivity contribution in [2.24, 2.45) is 0 Å². The number of carbonyl (C=O) groups is 1. The van der Waals surface area contributed by atoms with Crippen LogP contribution in [-0.4, -0.2) is 34.1 Å². The molecule has 2 heterocycles. The molecule has 1 saturated carbocycles. The van der Waals surface area contributed by atoms with E-state index in [-0.39, 0.29) is 18.1 Å². The highest BCUT2D eigenvalue weighted by Crippen LogP contribution is 2.24. The molecule has 0 saturated heterocycles. The zero-order valence-corrected chi connectivity index (χ0v) is 14.6. The van der Waals surface area contributed by atoms with E-state index >= 15 is 0 Å². The van der Waals surface area contributed by atoms with Gasteiger partial charge in [-0.2, -0.15) is 0 Å². The molecule has 2 aliphatic rings. The number of fused-ring (bicyclic) bond motifs is 1. The van der Waals surface area contributed by atoms with Crippen LogP contribution < -0.4 is 10.1 Å². The lowest BCUT2D eigenvalue weighted by molar-refractivity contribution is -0.135. The van der Waals surface area contributed by atoms with Gasteiger partial charge in [-0.25, -0.2) is 9.97 Å². The Morgan fingerprint density at radius 1 is 1.04 bits per heavy atom. The van der Waals surface area contributed by atoms with Gasteiger partial charge in [0.1, 0.15) is 12.2 Å². The number of benzene rings is 1. The van der Waals surface area contributed by atoms with Crippen molar-refractivity contribution in [2.75, 3.05) is 0 Å². The molecule has 136 valence electrons. The zero-order chi connectivity index (χ0) is 17.8. The first kappa shape index (κ1) is 17.0. The lowest BCUT2D eigenvalue weighted by Gasteiger charge is -2.31. The van der Waals surface area contributed by atoms with Gasteiger partial charge in [-0.05, 0) is 42.9 Å². The molecule has 1 aliphatic carbocycles. The van der Waals surface area contributed by atoms with Gasteiger partial charge < -0.3 is 14.8 Å². The summed E-state index contributed by atoms with van der Waals surface area (Å²) in [5, 5.41) is 3.15. The van der Waals surface area contributed by atoms with Crippen LogP contribution in [0.15, 0.2) is 42.7 Å². The number of nitrogens with zero attached hydrogens (tertiary/aromatic N) is 2. The Hall–Kier alpha value is -2.47. The van der Waals surface area contributed by atoms with E-state index in [9.17, 15) is 4.79 Å². The summed E-state index contributed by atoms with van der Waals surface area (Å²) >= 11 is 0. The average molecular weight is 353 g/mol. The van der Waals surface area contributed by atoms with Crippen molar-refractivity contribution in [1.29, 1.82) is 0 Å². The molecule has 6 heteroatoms. The van der Waals surface area contributed by atoms with Crippen molar-refractivity contribution in [3.8, 4) is 6.01 Å². The third kappa shape index (κ3) is 4.02. The summed E-state index contributed by atoms with van der Waals surface area (Å²) in [5.41, 5.74) is 2.39. The van der Waals surface area contributed by atoms with Crippen LogP contribution in [0.5, 0.6) is 6.01 Å². The third-order valence-electron chi connectivity index (χ3n) is 5.09. The second-order valence-corrected chi connectivity index (χ2v) is 6.90. The Bertz CT molecular complexity index is 745. The fourth-order valence-electron chi connectivity index (χ4n) is 3.63. The summed E-state index contributed by atoms with van der Waals surface area (Å²) in [4.78, 5) is 20.8. The van der Waals surface area contributed by atoms with Gasteiger partial charge in [0.25, 0.3) is 0 Å². The Morgan fingerprint density at radius 2 is 1.77 bits per heavy atom. The Kier molecular flexibility index (Phi) is 5.11. The maximum Gasteiger partial charge on any atom is 0.316 e. The maximum absolute atomic E-state index is 12.6. The Labute approximate surface area is 153 Å². The predicted molar refractivity (Wildman–Crippen MR) is 95.6 cm³/mol. The molecule has 1 aliphatic heterocycles. The molecule has 1 N–H and O–H groups in total. The molecule has 0 bridgehead atoms. The highest BCUT2D eigenvalue weighted by Gasteiger charge is 2.29. The molecule has 1 unspecified atom stereocenters. The summed E-state index contributed by atoms with van der Waals surface area (Å²) in [6.07, 6.45) is 7.28. The van der Waals surface area contributed by atoms with Gasteiger partial charge >= 0.3 is 6.01 Å². The fourth-order valence-corrected chi connectivity index (χ4v) is 3.63. The number of hydrogen-bond acceptors (Lipinski definition) is 5. The second kappa shape index (κ2) is 7.83. The van der Waals surface area contributed by atoms with Gasteiger partial charge in [0, 0.05) is 24.9 Å².